The van der Waals surface area contributed by atoms with Crippen LogP contribution in [-0.2, 0) is 6.42 Å². The Hall–Kier alpha value is -3.06. The molecule has 7 heteroatoms. The van der Waals surface area contributed by atoms with Crippen LogP contribution < -0.4 is 0 Å². The number of carbonyl (C=O) groups excluding carboxylic acids is 1. The van der Waals surface area contributed by atoms with Gasteiger partial charge in [0.2, 0.25) is 0 Å². The van der Waals surface area contributed by atoms with Crippen molar-refractivity contribution in [2.75, 3.05) is 19.7 Å². The summed E-state index contributed by atoms with van der Waals surface area (Å²) in [6, 6.07) is 14.7. The molecule has 2 N–H and O–H groups in total. The van der Waals surface area contributed by atoms with Gasteiger partial charge in [0.1, 0.15) is 17.3 Å². The van der Waals surface area contributed by atoms with Crippen molar-refractivity contribution in [1.82, 2.24) is 15.1 Å². The van der Waals surface area contributed by atoms with Gasteiger partial charge in [-0.05, 0) is 37.0 Å². The van der Waals surface area contributed by atoms with Crippen LogP contribution in [-0.4, -0.2) is 45.8 Å². The topological polar surface area (TPSA) is 69.2 Å². The zero-order chi connectivity index (χ0) is 21.1. The zero-order valence-corrected chi connectivity index (χ0v) is 16.4. The van der Waals surface area contributed by atoms with Gasteiger partial charge < -0.3 is 10.0 Å². The summed E-state index contributed by atoms with van der Waals surface area (Å²) in [5.41, 5.74) is 1.62. The highest BCUT2D eigenvalue weighted by Gasteiger charge is 2.38. The first-order valence-electron chi connectivity index (χ1n) is 9.95. The van der Waals surface area contributed by atoms with E-state index in [4.69, 9.17) is 0 Å². The molecule has 1 fully saturated rings. The molecule has 0 saturated carbocycles. The second-order valence-electron chi connectivity index (χ2n) is 7.93. The van der Waals surface area contributed by atoms with Crippen molar-refractivity contribution in [2.45, 2.75) is 19.3 Å². The molecule has 30 heavy (non-hydrogen) atoms. The van der Waals surface area contributed by atoms with Crippen LogP contribution in [0.4, 0.5) is 8.78 Å². The molecule has 4 rings (SSSR count). The van der Waals surface area contributed by atoms with Gasteiger partial charge in [-0.1, -0.05) is 36.4 Å². The van der Waals surface area contributed by atoms with Crippen LogP contribution in [0.15, 0.2) is 54.6 Å². The summed E-state index contributed by atoms with van der Waals surface area (Å²) in [5.74, 6) is -1.47. The third-order valence-electron chi connectivity index (χ3n) is 5.74. The number of carbonyl (C=O) groups is 1. The van der Waals surface area contributed by atoms with E-state index in [1.165, 1.54) is 12.1 Å². The van der Waals surface area contributed by atoms with E-state index in [1.807, 2.05) is 30.3 Å². The summed E-state index contributed by atoms with van der Waals surface area (Å²) in [5, 5.41) is 17.2. The fourth-order valence-corrected chi connectivity index (χ4v) is 4.14. The fourth-order valence-electron chi connectivity index (χ4n) is 4.14. The first-order chi connectivity index (χ1) is 14.5. The number of nitrogens with one attached hydrogen (secondary N) is 1. The molecule has 1 atom stereocenters. The molecule has 1 amide bonds. The summed E-state index contributed by atoms with van der Waals surface area (Å²) >= 11 is 0. The van der Waals surface area contributed by atoms with Crippen LogP contribution in [0, 0.1) is 17.0 Å². The average Bonchev–Trinajstić information content (AvgIpc) is 3.26. The normalized spacial score (nSPS) is 19.1. The molecule has 1 aliphatic heterocycles. The van der Waals surface area contributed by atoms with E-state index >= 15 is 0 Å². The minimum absolute atomic E-state index is 0.189. The molecule has 1 aliphatic rings. The predicted octanol–water partition coefficient (Wildman–Crippen LogP) is 3.81. The number of hydrogen-bond donors (Lipinski definition) is 2. The van der Waals surface area contributed by atoms with Crippen LogP contribution in [0.25, 0.3) is 11.3 Å². The molecule has 0 radical (unpaired) electrons. The second kappa shape index (κ2) is 8.36. The maximum absolute atomic E-state index is 14.2. The highest BCUT2D eigenvalue weighted by molar-refractivity contribution is 5.93. The Morgan fingerprint density at radius 3 is 2.70 bits per heavy atom. The standard InChI is InChI=1S/C23H23F2N3O2/c24-18-8-7-17(19(25)11-18)13-23(15-29)9-4-10-28(14-23)22(30)21-12-20(26-27-21)16-5-2-1-3-6-16/h1-3,5-8,11-12,29H,4,9-10,13-15H2,(H,26,27). The summed E-state index contributed by atoms with van der Waals surface area (Å²) in [6.45, 7) is 0.650. The Morgan fingerprint density at radius 1 is 1.17 bits per heavy atom. The quantitative estimate of drug-likeness (QED) is 0.671. The molecule has 5 nitrogen and oxygen atoms in total. The number of amides is 1. The summed E-state index contributed by atoms with van der Waals surface area (Å²) < 4.78 is 27.4. The number of aliphatic hydroxyl groups is 1. The smallest absolute Gasteiger partial charge is 0.271 e. The van der Waals surface area contributed by atoms with Gasteiger partial charge in [-0.25, -0.2) is 8.78 Å². The lowest BCUT2D eigenvalue weighted by molar-refractivity contribution is 0.0264. The van der Waals surface area contributed by atoms with Crippen LogP contribution in [0.1, 0.15) is 28.9 Å². The zero-order valence-electron chi connectivity index (χ0n) is 16.4. The Balaban J connectivity index is 1.52. The van der Waals surface area contributed by atoms with E-state index in [2.05, 4.69) is 10.2 Å². The number of aliphatic hydroxyl groups excluding tert-OH is 1. The minimum atomic E-state index is -0.672. The van der Waals surface area contributed by atoms with Crippen molar-refractivity contribution < 1.29 is 18.7 Å². The Kier molecular flexibility index (Phi) is 5.63. The van der Waals surface area contributed by atoms with Gasteiger partial charge in [-0.15, -0.1) is 0 Å². The third kappa shape index (κ3) is 4.11. The van der Waals surface area contributed by atoms with Gasteiger partial charge in [0.15, 0.2) is 0 Å². The molecule has 0 aliphatic carbocycles. The number of piperidine rings is 1. The molecule has 0 spiro atoms. The molecule has 1 unspecified atom stereocenters. The van der Waals surface area contributed by atoms with Crippen molar-refractivity contribution in [3.8, 4) is 11.3 Å². The van der Waals surface area contributed by atoms with E-state index < -0.39 is 17.0 Å². The fraction of sp³-hybridized carbons (Fsp3) is 0.304. The number of aromatic nitrogens is 2. The van der Waals surface area contributed by atoms with Crippen LogP contribution in [0.3, 0.4) is 0 Å². The van der Waals surface area contributed by atoms with Crippen molar-refractivity contribution in [2.24, 2.45) is 5.41 Å². The van der Waals surface area contributed by atoms with Gasteiger partial charge in [0.05, 0.1) is 12.3 Å². The van der Waals surface area contributed by atoms with E-state index in [0.717, 1.165) is 11.6 Å². The van der Waals surface area contributed by atoms with E-state index in [0.29, 0.717) is 42.9 Å². The molecule has 2 aromatic carbocycles. The third-order valence-corrected chi connectivity index (χ3v) is 5.74. The molecule has 2 heterocycles. The Bertz CT molecular complexity index is 1040. The second-order valence-corrected chi connectivity index (χ2v) is 7.93. The first-order valence-corrected chi connectivity index (χ1v) is 9.95. The number of likely N-dealkylation sites (tertiary alicyclic amines) is 1. The monoisotopic (exact) mass is 411 g/mol. The van der Waals surface area contributed by atoms with Gasteiger partial charge in [0, 0.05) is 30.1 Å². The van der Waals surface area contributed by atoms with Gasteiger partial charge in [-0.3, -0.25) is 9.89 Å². The van der Waals surface area contributed by atoms with Gasteiger partial charge in [0.25, 0.3) is 5.91 Å². The maximum Gasteiger partial charge on any atom is 0.271 e. The lowest BCUT2D eigenvalue weighted by atomic mass is 9.75. The highest BCUT2D eigenvalue weighted by Crippen LogP contribution is 2.35. The lowest BCUT2D eigenvalue weighted by Crippen LogP contribution is -2.49. The number of aromatic amines is 1. The Morgan fingerprint density at radius 2 is 1.97 bits per heavy atom. The van der Waals surface area contributed by atoms with Crippen molar-refractivity contribution >= 4 is 5.91 Å². The number of benzene rings is 2. The van der Waals surface area contributed by atoms with E-state index in [9.17, 15) is 18.7 Å². The van der Waals surface area contributed by atoms with Gasteiger partial charge in [-0.2, -0.15) is 5.10 Å². The highest BCUT2D eigenvalue weighted by atomic mass is 19.1. The lowest BCUT2D eigenvalue weighted by Gasteiger charge is -2.42. The maximum atomic E-state index is 14.2. The summed E-state index contributed by atoms with van der Waals surface area (Å²) in [6.07, 6.45) is 1.58. The number of hydrogen-bond acceptors (Lipinski definition) is 3. The number of rotatable bonds is 5. The molecular formula is C23H23F2N3O2. The minimum Gasteiger partial charge on any atom is -0.396 e. The van der Waals surface area contributed by atoms with E-state index in [1.54, 1.807) is 11.0 Å². The SMILES string of the molecule is O=C(c1cc(-c2ccccc2)n[nH]1)N1CCCC(CO)(Cc2ccc(F)cc2F)C1. The molecular weight excluding hydrogens is 388 g/mol. The van der Waals surface area contributed by atoms with Crippen LogP contribution >= 0.6 is 0 Å². The summed E-state index contributed by atoms with van der Waals surface area (Å²) in [7, 11) is 0. The molecule has 1 saturated heterocycles. The van der Waals surface area contributed by atoms with Crippen molar-refractivity contribution in [3.63, 3.8) is 0 Å². The Labute approximate surface area is 173 Å². The van der Waals surface area contributed by atoms with Crippen molar-refractivity contribution in [3.05, 3.63) is 77.5 Å². The molecule has 0 bridgehead atoms. The molecule has 156 valence electrons. The summed E-state index contributed by atoms with van der Waals surface area (Å²) in [4.78, 5) is 14.7. The first kappa shape index (κ1) is 20.2. The average molecular weight is 411 g/mol. The van der Waals surface area contributed by atoms with Crippen LogP contribution in [0.5, 0.6) is 0 Å². The predicted molar refractivity (Wildman–Crippen MR) is 109 cm³/mol. The van der Waals surface area contributed by atoms with Crippen LogP contribution in [0.2, 0.25) is 0 Å². The molecule has 3 aromatic rings. The number of H-pyrrole nitrogens is 1. The largest absolute Gasteiger partial charge is 0.396 e. The van der Waals surface area contributed by atoms with E-state index in [-0.39, 0.29) is 18.9 Å². The molecule has 1 aromatic heterocycles. The van der Waals surface area contributed by atoms with Gasteiger partial charge >= 0.3 is 0 Å². The van der Waals surface area contributed by atoms with Crippen molar-refractivity contribution in [1.29, 1.82) is 0 Å². The number of halogens is 2. The number of nitrogens with zero attached hydrogens (tertiary/aromatic N) is 2.